The van der Waals surface area contributed by atoms with Crippen molar-refractivity contribution < 1.29 is 29.6 Å². The molecule has 0 heterocycles. The number of esters is 1. The number of hydrogen-bond donors (Lipinski definition) is 3. The number of carbonyl (C=O) groups excluding carboxylic acids is 3. The van der Waals surface area contributed by atoms with Crippen LogP contribution in [-0.4, -0.2) is 29.0 Å². The van der Waals surface area contributed by atoms with E-state index in [1.54, 1.807) is 12.1 Å². The number of hydrogen-bond acceptors (Lipinski definition) is 6. The Morgan fingerprint density at radius 3 is 2.35 bits per heavy atom. The molecule has 1 aromatic carbocycles. The monoisotopic (exact) mass is 634 g/mol. The van der Waals surface area contributed by atoms with E-state index in [0.29, 0.717) is 12.1 Å². The van der Waals surface area contributed by atoms with Gasteiger partial charge in [-0.3, -0.25) is 14.4 Å². The van der Waals surface area contributed by atoms with Crippen LogP contribution in [0.2, 0.25) is 0 Å². The standard InChI is InChI=1S/C38H54N2O6/c1-23(41)46-30-13-14-36(6)29(33(30,2)3)12-15-38(8)31(36)28(42)21-26-27-22-35(5,17-16-34(27,4)18-19-37(26,38)7)32(43)39-24-10-9-11-25(20-24)40(44)45/h9-11,20-21,27,29-31,40,44H,12-19,22H2,1-8H3,(H,39,43). The minimum Gasteiger partial charge on any atom is -0.595 e. The van der Waals surface area contributed by atoms with Crippen LogP contribution in [0, 0.1) is 55.5 Å². The second kappa shape index (κ2) is 10.7. The molecule has 0 aromatic heterocycles. The third-order valence-corrected chi connectivity index (χ3v) is 14.7. The molecule has 0 spiro atoms. The number of rotatable bonds is 4. The zero-order valence-corrected chi connectivity index (χ0v) is 29.0. The summed E-state index contributed by atoms with van der Waals surface area (Å²) in [6, 6.07) is 6.42. The summed E-state index contributed by atoms with van der Waals surface area (Å²) in [4.78, 5) is 40.6. The van der Waals surface area contributed by atoms with E-state index < -0.39 is 10.6 Å². The molecule has 8 heteroatoms. The van der Waals surface area contributed by atoms with Gasteiger partial charge in [0.2, 0.25) is 5.91 Å². The van der Waals surface area contributed by atoms with Gasteiger partial charge in [0.1, 0.15) is 6.10 Å². The average Bonchev–Trinajstić information content (AvgIpc) is 2.96. The van der Waals surface area contributed by atoms with Crippen molar-refractivity contribution in [3.05, 3.63) is 41.1 Å². The van der Waals surface area contributed by atoms with Crippen LogP contribution < -0.4 is 10.5 Å². The van der Waals surface area contributed by atoms with Crippen molar-refractivity contribution in [2.45, 2.75) is 119 Å². The summed E-state index contributed by atoms with van der Waals surface area (Å²) in [5, 5.41) is 23.0. The smallest absolute Gasteiger partial charge is 0.302 e. The highest BCUT2D eigenvalue weighted by molar-refractivity contribution is 5.97. The summed E-state index contributed by atoms with van der Waals surface area (Å²) in [6.07, 6.45) is 9.93. The Hall–Kier alpha value is -2.55. The molecule has 1 aromatic rings. The van der Waals surface area contributed by atoms with E-state index in [0.717, 1.165) is 51.4 Å². The summed E-state index contributed by atoms with van der Waals surface area (Å²) in [5.41, 5.74) is 0.472. The number of anilines is 1. The number of fused-ring (bicyclic) bond motifs is 7. The maximum absolute atomic E-state index is 14.7. The van der Waals surface area contributed by atoms with E-state index in [9.17, 15) is 24.8 Å². The van der Waals surface area contributed by atoms with Gasteiger partial charge < -0.3 is 15.3 Å². The lowest BCUT2D eigenvalue weighted by atomic mass is 9.33. The molecule has 5 aliphatic carbocycles. The van der Waals surface area contributed by atoms with E-state index in [4.69, 9.17) is 4.74 Å². The van der Waals surface area contributed by atoms with Crippen LogP contribution in [0.3, 0.4) is 0 Å². The third-order valence-electron chi connectivity index (χ3n) is 14.7. The van der Waals surface area contributed by atoms with Gasteiger partial charge in [0.25, 0.3) is 0 Å². The first kappa shape index (κ1) is 33.4. The first-order valence-corrected chi connectivity index (χ1v) is 17.4. The predicted molar refractivity (Wildman–Crippen MR) is 176 cm³/mol. The highest BCUT2D eigenvalue weighted by Gasteiger charge is 2.70. The van der Waals surface area contributed by atoms with Gasteiger partial charge in [-0.25, -0.2) is 5.21 Å². The lowest BCUT2D eigenvalue weighted by Crippen LogP contribution is -2.99. The van der Waals surface area contributed by atoms with Crippen molar-refractivity contribution >= 4 is 29.0 Å². The number of nitrogens with one attached hydrogen (secondary N) is 2. The lowest BCUT2D eigenvalue weighted by Gasteiger charge is -2.70. The van der Waals surface area contributed by atoms with Crippen LogP contribution in [0.15, 0.2) is 35.9 Å². The maximum Gasteiger partial charge on any atom is 0.302 e. The molecular formula is C38H54N2O6. The Labute approximate surface area is 274 Å². The van der Waals surface area contributed by atoms with Gasteiger partial charge in [0.05, 0.1) is 0 Å². The molecule has 10 unspecified atom stereocenters. The first-order chi connectivity index (χ1) is 21.3. The number of allylic oxidation sites excluding steroid dienone is 2. The molecule has 5 aliphatic rings. The lowest BCUT2D eigenvalue weighted by molar-refractivity contribution is -0.991. The number of ether oxygens (including phenoxy) is 1. The summed E-state index contributed by atoms with van der Waals surface area (Å²) in [6.45, 7) is 17.5. The minimum absolute atomic E-state index is 0.0169. The van der Waals surface area contributed by atoms with Gasteiger partial charge in [-0.1, -0.05) is 60.1 Å². The molecule has 6 rings (SSSR count). The average molecular weight is 635 g/mol. The van der Waals surface area contributed by atoms with Crippen molar-refractivity contribution in [3.8, 4) is 0 Å². The Morgan fingerprint density at radius 2 is 1.67 bits per heavy atom. The van der Waals surface area contributed by atoms with E-state index in [1.165, 1.54) is 24.6 Å². The highest BCUT2D eigenvalue weighted by Crippen LogP contribution is 2.75. The van der Waals surface area contributed by atoms with Crippen LogP contribution >= 0.6 is 0 Å². The second-order valence-corrected chi connectivity index (χ2v) is 17.6. The van der Waals surface area contributed by atoms with Gasteiger partial charge in [-0.2, -0.15) is 5.23 Å². The Balaban J connectivity index is 1.33. The summed E-state index contributed by atoms with van der Waals surface area (Å²) >= 11 is 0. The summed E-state index contributed by atoms with van der Waals surface area (Å²) in [7, 11) is 0. The Bertz CT molecular complexity index is 1480. The minimum atomic E-state index is -1.03. The van der Waals surface area contributed by atoms with Crippen LogP contribution in [-0.2, 0) is 19.1 Å². The topological polar surface area (TPSA) is 120 Å². The number of ketones is 1. The maximum atomic E-state index is 14.7. The molecule has 0 aliphatic heterocycles. The molecular weight excluding hydrogens is 580 g/mol. The summed E-state index contributed by atoms with van der Waals surface area (Å²) in [5.74, 6) is 0.210. The highest BCUT2D eigenvalue weighted by atomic mass is 16.8. The molecule has 1 amide bonds. The second-order valence-electron chi connectivity index (χ2n) is 17.6. The van der Waals surface area contributed by atoms with Crippen molar-refractivity contribution in [1.82, 2.24) is 0 Å². The zero-order valence-electron chi connectivity index (χ0n) is 29.0. The van der Waals surface area contributed by atoms with Gasteiger partial charge in [0.15, 0.2) is 11.5 Å². The Morgan fingerprint density at radius 1 is 0.978 bits per heavy atom. The molecule has 4 saturated carbocycles. The SMILES string of the molecule is CC(=O)OC1CCC2(C)C(CCC3(C)C2C(=O)C=C2C4CC(C)(C(=O)Nc5cccc([NH+]([O-])O)c5)CCC4(C)CCC23C)C1(C)C. The van der Waals surface area contributed by atoms with E-state index in [-0.39, 0.29) is 74.3 Å². The van der Waals surface area contributed by atoms with Crippen LogP contribution in [0.1, 0.15) is 113 Å². The van der Waals surface area contributed by atoms with E-state index in [2.05, 4.69) is 46.9 Å². The fourth-order valence-electron chi connectivity index (χ4n) is 11.8. The van der Waals surface area contributed by atoms with Crippen molar-refractivity contribution in [3.63, 3.8) is 0 Å². The molecule has 3 N–H and O–H groups in total. The quantitative estimate of drug-likeness (QED) is 0.244. The third kappa shape index (κ3) is 4.75. The zero-order chi connectivity index (χ0) is 33.7. The number of amides is 1. The molecule has 252 valence electrons. The molecule has 0 saturated heterocycles. The van der Waals surface area contributed by atoms with Crippen LogP contribution in [0.25, 0.3) is 0 Å². The molecule has 0 radical (unpaired) electrons. The van der Waals surface area contributed by atoms with Gasteiger partial charge in [-0.05, 0) is 103 Å². The number of quaternary nitrogens is 1. The van der Waals surface area contributed by atoms with Gasteiger partial charge >= 0.3 is 5.97 Å². The fourth-order valence-corrected chi connectivity index (χ4v) is 11.8. The van der Waals surface area contributed by atoms with E-state index in [1.807, 2.05) is 13.0 Å². The van der Waals surface area contributed by atoms with Crippen molar-refractivity contribution in [1.29, 1.82) is 0 Å². The fraction of sp³-hybridized carbons (Fsp3) is 0.711. The predicted octanol–water partition coefficient (Wildman–Crippen LogP) is 6.94. The largest absolute Gasteiger partial charge is 0.595 e. The molecule has 10 atom stereocenters. The normalized spacial score (nSPS) is 43.5. The number of benzene rings is 1. The molecule has 4 fully saturated rings. The van der Waals surface area contributed by atoms with Gasteiger partial charge in [-0.15, -0.1) is 0 Å². The van der Waals surface area contributed by atoms with Gasteiger partial charge in [0, 0.05) is 41.5 Å². The van der Waals surface area contributed by atoms with Crippen LogP contribution in [0.5, 0.6) is 0 Å². The number of carbonyl (C=O) groups is 3. The Kier molecular flexibility index (Phi) is 7.78. The first-order valence-electron chi connectivity index (χ1n) is 17.4. The molecule has 0 bridgehead atoms. The molecule has 46 heavy (non-hydrogen) atoms. The van der Waals surface area contributed by atoms with Crippen molar-refractivity contribution in [2.24, 2.45) is 50.2 Å². The molecule has 8 nitrogen and oxygen atoms in total. The van der Waals surface area contributed by atoms with Crippen LogP contribution in [0.4, 0.5) is 11.4 Å². The van der Waals surface area contributed by atoms with E-state index >= 15 is 0 Å². The summed E-state index contributed by atoms with van der Waals surface area (Å²) < 4.78 is 5.86. The van der Waals surface area contributed by atoms with Crippen molar-refractivity contribution in [2.75, 3.05) is 5.32 Å².